The number of nitrogens with zero attached hydrogens (tertiary/aromatic N) is 4. The molecule has 0 unspecified atom stereocenters. The number of carbonyl (C=O) groups excluding carboxylic acids is 1. The highest BCUT2D eigenvalue weighted by molar-refractivity contribution is 5.75. The van der Waals surface area contributed by atoms with E-state index in [9.17, 15) is 9.18 Å². The van der Waals surface area contributed by atoms with E-state index in [0.717, 1.165) is 0 Å². The van der Waals surface area contributed by atoms with Gasteiger partial charge in [0, 0.05) is 30.4 Å². The van der Waals surface area contributed by atoms with Gasteiger partial charge in [-0.25, -0.2) is 19.3 Å². The molecule has 0 saturated heterocycles. The number of aromatic nitrogens is 3. The largest absolute Gasteiger partial charge is 0.496 e. The molecule has 0 N–H and O–H groups in total. The molecule has 1 aromatic carbocycles. The summed E-state index contributed by atoms with van der Waals surface area (Å²) >= 11 is 0. The SMILES string of the molecule is COC(=O)CN(C)c1ncc(Oc2ncccc2-c2ccc(F)cc2OC)cn1. The van der Waals surface area contributed by atoms with Crippen LogP contribution in [0, 0.1) is 5.82 Å². The van der Waals surface area contributed by atoms with Crippen LogP contribution in [0.3, 0.4) is 0 Å². The summed E-state index contributed by atoms with van der Waals surface area (Å²) in [4.78, 5) is 25.5. The van der Waals surface area contributed by atoms with Crippen molar-refractivity contribution in [3.63, 3.8) is 0 Å². The lowest BCUT2D eigenvalue weighted by atomic mass is 10.1. The number of anilines is 1. The van der Waals surface area contributed by atoms with Crippen molar-refractivity contribution in [2.75, 3.05) is 32.7 Å². The first-order chi connectivity index (χ1) is 14.0. The summed E-state index contributed by atoms with van der Waals surface area (Å²) in [7, 11) is 4.45. The second-order valence-electron chi connectivity index (χ2n) is 5.95. The summed E-state index contributed by atoms with van der Waals surface area (Å²) in [6, 6.07) is 7.76. The Labute approximate surface area is 166 Å². The van der Waals surface area contributed by atoms with Gasteiger partial charge in [0.1, 0.15) is 18.1 Å². The maximum absolute atomic E-state index is 13.5. The van der Waals surface area contributed by atoms with Crippen LogP contribution in [0.15, 0.2) is 48.9 Å². The molecule has 0 bridgehead atoms. The number of halogens is 1. The molecule has 0 aliphatic heterocycles. The monoisotopic (exact) mass is 398 g/mol. The first-order valence-corrected chi connectivity index (χ1v) is 8.58. The predicted octanol–water partition coefficient (Wildman–Crippen LogP) is 3.09. The van der Waals surface area contributed by atoms with E-state index >= 15 is 0 Å². The van der Waals surface area contributed by atoms with Crippen LogP contribution >= 0.6 is 0 Å². The van der Waals surface area contributed by atoms with E-state index in [1.807, 2.05) is 0 Å². The lowest BCUT2D eigenvalue weighted by Gasteiger charge is -2.16. The average molecular weight is 398 g/mol. The highest BCUT2D eigenvalue weighted by Gasteiger charge is 2.15. The summed E-state index contributed by atoms with van der Waals surface area (Å²) in [6.07, 6.45) is 4.52. The number of ether oxygens (including phenoxy) is 3. The van der Waals surface area contributed by atoms with Crippen LogP contribution in [-0.4, -0.2) is 48.7 Å². The van der Waals surface area contributed by atoms with Gasteiger partial charge in [-0.05, 0) is 24.3 Å². The second-order valence-corrected chi connectivity index (χ2v) is 5.95. The third-order valence-electron chi connectivity index (χ3n) is 3.99. The van der Waals surface area contributed by atoms with Gasteiger partial charge < -0.3 is 19.1 Å². The number of methoxy groups -OCH3 is 2. The van der Waals surface area contributed by atoms with E-state index in [4.69, 9.17) is 9.47 Å². The molecule has 3 rings (SSSR count). The van der Waals surface area contributed by atoms with Crippen molar-refractivity contribution in [2.45, 2.75) is 0 Å². The Morgan fingerprint density at radius 3 is 2.55 bits per heavy atom. The Kier molecular flexibility index (Phi) is 6.18. The van der Waals surface area contributed by atoms with Crippen LogP contribution in [-0.2, 0) is 9.53 Å². The molecule has 9 heteroatoms. The van der Waals surface area contributed by atoms with E-state index in [0.29, 0.717) is 28.6 Å². The van der Waals surface area contributed by atoms with Gasteiger partial charge in [-0.2, -0.15) is 0 Å². The smallest absolute Gasteiger partial charge is 0.325 e. The van der Waals surface area contributed by atoms with E-state index in [1.54, 1.807) is 36.3 Å². The van der Waals surface area contributed by atoms with Crippen LogP contribution in [0.5, 0.6) is 17.4 Å². The molecular formula is C20H19FN4O4. The topological polar surface area (TPSA) is 86.7 Å². The van der Waals surface area contributed by atoms with Crippen molar-refractivity contribution < 1.29 is 23.4 Å². The minimum Gasteiger partial charge on any atom is -0.496 e. The fraction of sp³-hybridized carbons (Fsp3) is 0.200. The van der Waals surface area contributed by atoms with Gasteiger partial charge in [0.2, 0.25) is 11.8 Å². The summed E-state index contributed by atoms with van der Waals surface area (Å²) in [5.41, 5.74) is 1.25. The minimum atomic E-state index is -0.406. The molecule has 2 aromatic heterocycles. The van der Waals surface area contributed by atoms with Crippen molar-refractivity contribution in [3.8, 4) is 28.5 Å². The zero-order valence-corrected chi connectivity index (χ0v) is 16.1. The van der Waals surface area contributed by atoms with Crippen molar-refractivity contribution in [1.82, 2.24) is 15.0 Å². The van der Waals surface area contributed by atoms with Gasteiger partial charge in [0.25, 0.3) is 0 Å². The van der Waals surface area contributed by atoms with E-state index < -0.39 is 11.8 Å². The highest BCUT2D eigenvalue weighted by Crippen LogP contribution is 2.37. The molecular weight excluding hydrogens is 379 g/mol. The first kappa shape index (κ1) is 20.0. The summed E-state index contributed by atoms with van der Waals surface area (Å²) < 4.78 is 29.3. The van der Waals surface area contributed by atoms with Gasteiger partial charge in [0.15, 0.2) is 5.75 Å². The summed E-state index contributed by atoms with van der Waals surface area (Å²) in [5.74, 6) is 0.529. The fourth-order valence-electron chi connectivity index (χ4n) is 2.56. The first-order valence-electron chi connectivity index (χ1n) is 8.58. The molecule has 0 spiro atoms. The number of likely N-dealkylation sites (N-methyl/N-ethyl adjacent to an activating group) is 1. The molecule has 3 aromatic rings. The number of benzene rings is 1. The maximum Gasteiger partial charge on any atom is 0.325 e. The van der Waals surface area contributed by atoms with Gasteiger partial charge >= 0.3 is 5.97 Å². The Balaban J connectivity index is 1.84. The van der Waals surface area contributed by atoms with Gasteiger partial charge in [-0.1, -0.05) is 0 Å². The molecule has 0 amide bonds. The Morgan fingerprint density at radius 1 is 1.10 bits per heavy atom. The molecule has 0 aliphatic rings. The molecule has 150 valence electrons. The molecule has 0 radical (unpaired) electrons. The fourth-order valence-corrected chi connectivity index (χ4v) is 2.56. The molecule has 8 nitrogen and oxygen atoms in total. The Morgan fingerprint density at radius 2 is 1.86 bits per heavy atom. The van der Waals surface area contributed by atoms with E-state index in [-0.39, 0.29) is 12.4 Å². The third kappa shape index (κ3) is 4.75. The van der Waals surface area contributed by atoms with Crippen LogP contribution in [0.2, 0.25) is 0 Å². The number of pyridine rings is 1. The maximum atomic E-state index is 13.5. The molecule has 2 heterocycles. The van der Waals surface area contributed by atoms with E-state index in [1.165, 1.54) is 38.7 Å². The number of esters is 1. The van der Waals surface area contributed by atoms with Crippen LogP contribution in [0.1, 0.15) is 0 Å². The summed E-state index contributed by atoms with van der Waals surface area (Å²) in [5, 5.41) is 0. The molecule has 0 saturated carbocycles. The third-order valence-corrected chi connectivity index (χ3v) is 3.99. The normalized spacial score (nSPS) is 10.3. The van der Waals surface area contributed by atoms with Crippen molar-refractivity contribution in [3.05, 3.63) is 54.7 Å². The van der Waals surface area contributed by atoms with Gasteiger partial charge in [-0.3, -0.25) is 4.79 Å². The second kappa shape index (κ2) is 8.96. The highest BCUT2D eigenvalue weighted by atomic mass is 19.1. The van der Waals surface area contributed by atoms with Gasteiger partial charge in [0.05, 0.1) is 26.6 Å². The zero-order chi connectivity index (χ0) is 20.8. The van der Waals surface area contributed by atoms with Crippen LogP contribution < -0.4 is 14.4 Å². The number of rotatable bonds is 7. The zero-order valence-electron chi connectivity index (χ0n) is 16.1. The number of carbonyl (C=O) groups is 1. The Bertz CT molecular complexity index is 998. The predicted molar refractivity (Wildman–Crippen MR) is 104 cm³/mol. The van der Waals surface area contributed by atoms with E-state index in [2.05, 4.69) is 19.7 Å². The molecule has 0 aliphatic carbocycles. The number of hydrogen-bond donors (Lipinski definition) is 0. The lowest BCUT2D eigenvalue weighted by molar-refractivity contribution is -0.138. The summed E-state index contributed by atoms with van der Waals surface area (Å²) in [6.45, 7) is 0.0193. The van der Waals surface area contributed by atoms with Crippen molar-refractivity contribution in [2.24, 2.45) is 0 Å². The van der Waals surface area contributed by atoms with Gasteiger partial charge in [-0.15, -0.1) is 0 Å². The number of hydrogen-bond acceptors (Lipinski definition) is 8. The average Bonchev–Trinajstić information content (AvgIpc) is 2.74. The lowest BCUT2D eigenvalue weighted by Crippen LogP contribution is -2.27. The quantitative estimate of drug-likeness (QED) is 0.561. The minimum absolute atomic E-state index is 0.0193. The van der Waals surface area contributed by atoms with Crippen LogP contribution in [0.25, 0.3) is 11.1 Å². The van der Waals surface area contributed by atoms with Crippen molar-refractivity contribution >= 4 is 11.9 Å². The van der Waals surface area contributed by atoms with Crippen LogP contribution in [0.4, 0.5) is 10.3 Å². The standard InChI is InChI=1S/C20H19FN4O4/c1-25(12-18(26)28-3)20-23-10-14(11-24-20)29-19-16(5-4-8-22-19)15-7-6-13(21)9-17(15)27-2/h4-11H,12H2,1-3H3. The molecule has 0 atom stereocenters. The van der Waals surface area contributed by atoms with Crippen molar-refractivity contribution in [1.29, 1.82) is 0 Å². The Hall–Kier alpha value is -3.75. The molecule has 29 heavy (non-hydrogen) atoms. The molecule has 0 fully saturated rings.